The Morgan fingerprint density at radius 2 is 1.72 bits per heavy atom. The Morgan fingerprint density at radius 3 is 2.34 bits per heavy atom. The first kappa shape index (κ1) is 19.9. The third kappa shape index (κ3) is 5.35. The largest absolute Gasteiger partial charge is 0.465 e. The number of nitrogens with zero attached hydrogens (tertiary/aromatic N) is 4. The second-order valence-corrected chi connectivity index (χ2v) is 6.33. The number of nitrogens with one attached hydrogen (secondary N) is 1. The van der Waals surface area contributed by atoms with Gasteiger partial charge in [0.15, 0.2) is 11.5 Å². The molecule has 8 nitrogen and oxygen atoms in total. The zero-order valence-corrected chi connectivity index (χ0v) is 16.2. The third-order valence-corrected chi connectivity index (χ3v) is 4.32. The van der Waals surface area contributed by atoms with Crippen LogP contribution in [0, 0.1) is 0 Å². The molecule has 8 heteroatoms. The summed E-state index contributed by atoms with van der Waals surface area (Å²) in [4.78, 5) is 29.8. The topological polar surface area (TPSA) is 97.3 Å². The van der Waals surface area contributed by atoms with Crippen LogP contribution >= 0.6 is 0 Å². The molecule has 2 heterocycles. The summed E-state index contributed by atoms with van der Waals surface area (Å²) < 4.78 is 4.65. The zero-order chi connectivity index (χ0) is 20.6. The number of likely N-dealkylation sites (N-methyl/N-ethyl adjacent to an activating group) is 1. The highest BCUT2D eigenvalue weighted by atomic mass is 16.5. The number of benzene rings is 1. The molecule has 0 saturated heterocycles. The maximum Gasteiger partial charge on any atom is 0.337 e. The second kappa shape index (κ2) is 9.41. The molecule has 2 aromatic heterocycles. The van der Waals surface area contributed by atoms with Crippen LogP contribution < -0.4 is 10.2 Å². The van der Waals surface area contributed by atoms with Gasteiger partial charge in [0, 0.05) is 31.7 Å². The number of carbonyl (C=O) groups excluding carboxylic acids is 2. The van der Waals surface area contributed by atoms with Crippen LogP contribution in [0.5, 0.6) is 0 Å². The van der Waals surface area contributed by atoms with Crippen molar-refractivity contribution < 1.29 is 14.3 Å². The highest BCUT2D eigenvalue weighted by molar-refractivity contribution is 6.03. The van der Waals surface area contributed by atoms with Crippen molar-refractivity contribution in [3.63, 3.8) is 0 Å². The molecule has 0 aliphatic carbocycles. The Morgan fingerprint density at radius 1 is 1.00 bits per heavy atom. The number of esters is 1. The minimum absolute atomic E-state index is 0.202. The lowest BCUT2D eigenvalue weighted by Gasteiger charge is -2.17. The number of hydrogen-bond acceptors (Lipinski definition) is 7. The molecule has 0 spiro atoms. The van der Waals surface area contributed by atoms with Gasteiger partial charge in [0.2, 0.25) is 0 Å². The summed E-state index contributed by atoms with van der Waals surface area (Å²) in [5, 5.41) is 10.9. The van der Waals surface area contributed by atoms with E-state index < -0.39 is 5.97 Å². The molecule has 3 rings (SSSR count). The van der Waals surface area contributed by atoms with Crippen molar-refractivity contribution in [1.29, 1.82) is 0 Å². The van der Waals surface area contributed by atoms with Crippen LogP contribution in [0.15, 0.2) is 60.9 Å². The number of amides is 1. The van der Waals surface area contributed by atoms with E-state index in [1.807, 2.05) is 24.1 Å². The number of anilines is 2. The summed E-state index contributed by atoms with van der Waals surface area (Å²) in [5.41, 5.74) is 2.34. The van der Waals surface area contributed by atoms with E-state index in [0.29, 0.717) is 17.1 Å². The van der Waals surface area contributed by atoms with Gasteiger partial charge in [0.1, 0.15) is 0 Å². The molecule has 0 fully saturated rings. The third-order valence-electron chi connectivity index (χ3n) is 4.32. The summed E-state index contributed by atoms with van der Waals surface area (Å²) in [5.74, 6) is -0.135. The maximum atomic E-state index is 12.4. The number of hydrogen-bond donors (Lipinski definition) is 1. The van der Waals surface area contributed by atoms with Crippen molar-refractivity contribution >= 4 is 23.4 Å². The normalized spacial score (nSPS) is 10.3. The summed E-state index contributed by atoms with van der Waals surface area (Å²) in [6, 6.07) is 13.7. The number of aromatic nitrogens is 3. The smallest absolute Gasteiger partial charge is 0.337 e. The fourth-order valence-corrected chi connectivity index (χ4v) is 2.61. The Balaban J connectivity index is 1.57. The van der Waals surface area contributed by atoms with Gasteiger partial charge < -0.3 is 15.0 Å². The lowest BCUT2D eigenvalue weighted by Crippen LogP contribution is -2.22. The van der Waals surface area contributed by atoms with Crippen molar-refractivity contribution in [3.8, 4) is 0 Å². The maximum absolute atomic E-state index is 12.4. The number of methoxy groups -OCH3 is 1. The van der Waals surface area contributed by atoms with Crippen LogP contribution in [-0.4, -0.2) is 47.8 Å². The van der Waals surface area contributed by atoms with Crippen molar-refractivity contribution in [2.75, 3.05) is 30.9 Å². The Kier molecular flexibility index (Phi) is 6.47. The minimum atomic E-state index is -0.433. The SMILES string of the molecule is COC(=O)c1ccc(NC(=O)c2ccc(N(C)CCc3ccncc3)nn2)cc1. The molecular weight excluding hydrogens is 370 g/mol. The Labute approximate surface area is 168 Å². The molecule has 0 unspecified atom stereocenters. The van der Waals surface area contributed by atoms with E-state index in [1.54, 1.807) is 48.8 Å². The van der Waals surface area contributed by atoms with E-state index in [9.17, 15) is 9.59 Å². The number of carbonyl (C=O) groups is 2. The van der Waals surface area contributed by atoms with E-state index in [-0.39, 0.29) is 11.6 Å². The van der Waals surface area contributed by atoms with Crippen LogP contribution in [0.3, 0.4) is 0 Å². The molecular formula is C21H21N5O3. The first-order valence-corrected chi connectivity index (χ1v) is 9.00. The summed E-state index contributed by atoms with van der Waals surface area (Å²) >= 11 is 0. The molecule has 3 aromatic rings. The van der Waals surface area contributed by atoms with Crippen molar-refractivity contribution in [3.05, 3.63) is 77.7 Å². The molecule has 0 bridgehead atoms. The number of ether oxygens (including phenoxy) is 1. The van der Waals surface area contributed by atoms with Gasteiger partial charge in [-0.3, -0.25) is 9.78 Å². The van der Waals surface area contributed by atoms with Gasteiger partial charge in [-0.2, -0.15) is 0 Å². The number of pyridine rings is 1. The van der Waals surface area contributed by atoms with Gasteiger partial charge in [-0.25, -0.2) is 4.79 Å². The van der Waals surface area contributed by atoms with Gasteiger partial charge in [-0.15, -0.1) is 10.2 Å². The minimum Gasteiger partial charge on any atom is -0.465 e. The van der Waals surface area contributed by atoms with E-state index >= 15 is 0 Å². The van der Waals surface area contributed by atoms with E-state index in [0.717, 1.165) is 13.0 Å². The first-order chi connectivity index (χ1) is 14.1. The zero-order valence-electron chi connectivity index (χ0n) is 16.2. The molecule has 0 atom stereocenters. The molecule has 0 radical (unpaired) electrons. The van der Waals surface area contributed by atoms with Gasteiger partial charge in [0.05, 0.1) is 12.7 Å². The molecule has 0 saturated carbocycles. The lowest BCUT2D eigenvalue weighted by molar-refractivity contribution is 0.0600. The van der Waals surface area contributed by atoms with E-state index in [4.69, 9.17) is 0 Å². The fourth-order valence-electron chi connectivity index (χ4n) is 2.61. The van der Waals surface area contributed by atoms with Crippen molar-refractivity contribution in [1.82, 2.24) is 15.2 Å². The van der Waals surface area contributed by atoms with Crippen LogP contribution in [0.4, 0.5) is 11.5 Å². The second-order valence-electron chi connectivity index (χ2n) is 6.33. The first-order valence-electron chi connectivity index (χ1n) is 9.00. The lowest BCUT2D eigenvalue weighted by atomic mass is 10.2. The van der Waals surface area contributed by atoms with Gasteiger partial charge in [0.25, 0.3) is 5.91 Å². The Hall–Kier alpha value is -3.81. The van der Waals surface area contributed by atoms with Crippen LogP contribution in [0.2, 0.25) is 0 Å². The standard InChI is InChI=1S/C21H21N5O3/c1-26(14-11-15-9-12-22-13-10-15)19-8-7-18(24-25-19)20(27)23-17-5-3-16(4-6-17)21(28)29-2/h3-10,12-13H,11,14H2,1-2H3,(H,23,27). The molecule has 0 aliphatic heterocycles. The van der Waals surface area contributed by atoms with Crippen LogP contribution in [0.25, 0.3) is 0 Å². The molecule has 0 aliphatic rings. The molecule has 1 aromatic carbocycles. The highest BCUT2D eigenvalue weighted by Gasteiger charge is 2.11. The molecule has 1 amide bonds. The summed E-state index contributed by atoms with van der Waals surface area (Å²) in [6.45, 7) is 0.761. The predicted molar refractivity (Wildman–Crippen MR) is 109 cm³/mol. The quantitative estimate of drug-likeness (QED) is 0.618. The van der Waals surface area contributed by atoms with Gasteiger partial charge in [-0.05, 0) is 60.5 Å². The van der Waals surface area contributed by atoms with Gasteiger partial charge in [-0.1, -0.05) is 0 Å². The molecule has 29 heavy (non-hydrogen) atoms. The van der Waals surface area contributed by atoms with Crippen molar-refractivity contribution in [2.45, 2.75) is 6.42 Å². The van der Waals surface area contributed by atoms with Crippen LogP contribution in [-0.2, 0) is 11.2 Å². The van der Waals surface area contributed by atoms with Crippen LogP contribution in [0.1, 0.15) is 26.4 Å². The molecule has 148 valence electrons. The summed E-state index contributed by atoms with van der Waals surface area (Å²) in [6.07, 6.45) is 4.39. The molecule has 1 N–H and O–H groups in total. The highest BCUT2D eigenvalue weighted by Crippen LogP contribution is 2.13. The van der Waals surface area contributed by atoms with E-state index in [2.05, 4.69) is 25.2 Å². The Bertz CT molecular complexity index is 960. The fraction of sp³-hybridized carbons (Fsp3) is 0.190. The predicted octanol–water partition coefficient (Wildman–Crippen LogP) is 2.59. The summed E-state index contributed by atoms with van der Waals surface area (Å²) in [7, 11) is 3.24. The number of rotatable bonds is 7. The average Bonchev–Trinajstić information content (AvgIpc) is 2.78. The van der Waals surface area contributed by atoms with Gasteiger partial charge >= 0.3 is 5.97 Å². The van der Waals surface area contributed by atoms with E-state index in [1.165, 1.54) is 12.7 Å². The monoisotopic (exact) mass is 391 g/mol. The average molecular weight is 391 g/mol. The van der Waals surface area contributed by atoms with Crippen molar-refractivity contribution in [2.24, 2.45) is 0 Å².